The summed E-state index contributed by atoms with van der Waals surface area (Å²) in [5.41, 5.74) is 12.9. The average Bonchev–Trinajstić information content (AvgIpc) is 1.61. The molecule has 0 radical (unpaired) electrons. The number of fused-ring (bicyclic) bond motifs is 6. The van der Waals surface area contributed by atoms with Crippen molar-refractivity contribution in [2.24, 2.45) is 5.92 Å². The van der Waals surface area contributed by atoms with Crippen molar-refractivity contribution >= 4 is 61.6 Å². The monoisotopic (exact) mass is 1150 g/mol. The molecule has 0 amide bonds. The molecular weight excluding hydrogens is 1090 g/mol. The van der Waals surface area contributed by atoms with Crippen LogP contribution in [0, 0.1) is 35.0 Å². The zero-order valence-corrected chi connectivity index (χ0v) is 47.6. The van der Waals surface area contributed by atoms with Crippen LogP contribution in [0.1, 0.15) is 50.0 Å². The van der Waals surface area contributed by atoms with Gasteiger partial charge in [0, 0.05) is 74.1 Å². The molecule has 2 aliphatic carbocycles. The van der Waals surface area contributed by atoms with Crippen LogP contribution in [-0.2, 0) is 0 Å². The van der Waals surface area contributed by atoms with Gasteiger partial charge >= 0.3 is 0 Å². The van der Waals surface area contributed by atoms with Crippen LogP contribution in [0.4, 0.5) is 61.8 Å². The molecule has 87 heavy (non-hydrogen) atoms. The third-order valence-electron chi connectivity index (χ3n) is 18.6. The van der Waals surface area contributed by atoms with Crippen LogP contribution >= 0.6 is 0 Å². The summed E-state index contributed by atoms with van der Waals surface area (Å²) in [4.78, 5) is 7.40. The van der Waals surface area contributed by atoms with E-state index in [1.807, 2.05) is 91.0 Å². The average molecular weight is 1150 g/mol. The van der Waals surface area contributed by atoms with Gasteiger partial charge in [-0.2, -0.15) is 0 Å². The van der Waals surface area contributed by atoms with Crippen molar-refractivity contribution in [2.75, 3.05) is 14.7 Å². The minimum absolute atomic E-state index is 0.141. The van der Waals surface area contributed by atoms with Crippen LogP contribution in [-0.4, -0.2) is 16.1 Å². The summed E-state index contributed by atoms with van der Waals surface area (Å²) < 4.78 is 79.4. The zero-order valence-electron chi connectivity index (χ0n) is 47.6. The fourth-order valence-electron chi connectivity index (χ4n) is 14.8. The summed E-state index contributed by atoms with van der Waals surface area (Å²) in [6.45, 7) is 0. The molecule has 1 aliphatic heterocycles. The number of benzene rings is 11. The van der Waals surface area contributed by atoms with Crippen molar-refractivity contribution in [1.82, 2.24) is 4.57 Å². The third-order valence-corrected chi connectivity index (χ3v) is 18.6. The third kappa shape index (κ3) is 9.18. The van der Waals surface area contributed by atoms with Gasteiger partial charge in [0.15, 0.2) is 23.3 Å². The van der Waals surface area contributed by atoms with Crippen LogP contribution in [0.25, 0.3) is 60.9 Å². The fourth-order valence-corrected chi connectivity index (χ4v) is 14.8. The summed E-state index contributed by atoms with van der Waals surface area (Å²) in [6, 6.07) is 87.1. The van der Waals surface area contributed by atoms with Crippen LogP contribution in [0.5, 0.6) is 0 Å². The summed E-state index contributed by atoms with van der Waals surface area (Å²) in [7, 11) is 0. The molecule has 2 heterocycles. The molecule has 4 nitrogen and oxygen atoms in total. The quantitative estimate of drug-likeness (QED) is 0.0524. The number of hydrogen-bond acceptors (Lipinski definition) is 3. The van der Waals surface area contributed by atoms with E-state index in [1.165, 1.54) is 34.8 Å². The molecule has 0 bridgehead atoms. The van der Waals surface area contributed by atoms with Crippen molar-refractivity contribution in [3.63, 3.8) is 0 Å². The van der Waals surface area contributed by atoms with E-state index in [2.05, 4.69) is 183 Å². The van der Waals surface area contributed by atoms with Gasteiger partial charge in [-0.3, -0.25) is 0 Å². The summed E-state index contributed by atoms with van der Waals surface area (Å²) in [6.07, 6.45) is 10.9. The molecule has 1 fully saturated rings. The molecule has 9 heteroatoms. The SMILES string of the molecule is Fc1c(F)c(F)c(-c2cc(-c3ccc(N4c5ccccc5C5CC(N(c6ccccc6)c6ccccc6)CCC54C4C=CCCC4)cc3)cc(-c3ccc(-n4c5ccccc5c5cc(N(c6ccccc6)c6ccccc6)ccc54)cc3)c2)c(F)c1F. The highest BCUT2D eigenvalue weighted by atomic mass is 19.2. The normalized spacial score (nSPS) is 18.0. The smallest absolute Gasteiger partial charge is 0.200 e. The second-order valence-corrected chi connectivity index (χ2v) is 23.3. The standard InChI is InChI=1S/C78H59F5N4/c79-73-72(74(80)76(82)77(83)75(73)81)55-47-53(51-34-38-61(39-35-51)86-69-32-18-16-30-65(69)67-49-63(42-43-70(67)86)84(57-22-8-2-9-23-57)58-24-10-3-11-25-58)46-54(48-55)52-36-40-62(41-37-52)87-71-33-19-17-31-66(71)68-50-64(44-45-78(68,87)56-20-6-1-7-21-56)85(59-26-12-4-13-27-59)60-28-14-5-15-29-60/h2-6,8-20,22-43,46-49,56,64,68H,1,7,21,44-45,50H2. The van der Waals surface area contributed by atoms with Gasteiger partial charge in [-0.05, 0) is 193 Å². The number of halogens is 5. The Morgan fingerprint density at radius 1 is 0.414 bits per heavy atom. The number of aromatic nitrogens is 1. The van der Waals surface area contributed by atoms with Crippen molar-refractivity contribution in [3.8, 4) is 39.1 Å². The highest BCUT2D eigenvalue weighted by molar-refractivity contribution is 6.10. The van der Waals surface area contributed by atoms with E-state index in [9.17, 15) is 4.39 Å². The van der Waals surface area contributed by atoms with Crippen molar-refractivity contribution < 1.29 is 22.0 Å². The fraction of sp³-hybridized carbons (Fsp3) is 0.128. The van der Waals surface area contributed by atoms with Crippen molar-refractivity contribution in [3.05, 3.63) is 302 Å². The molecule has 426 valence electrons. The first kappa shape index (κ1) is 53.7. The number of nitrogens with zero attached hydrogens (tertiary/aromatic N) is 4. The van der Waals surface area contributed by atoms with Gasteiger partial charge in [0.05, 0.1) is 22.1 Å². The van der Waals surface area contributed by atoms with Gasteiger partial charge in [-0.15, -0.1) is 0 Å². The zero-order chi connectivity index (χ0) is 58.8. The lowest BCUT2D eigenvalue weighted by Crippen LogP contribution is -2.57. The maximum atomic E-state index is 16.0. The van der Waals surface area contributed by atoms with Crippen LogP contribution in [0.3, 0.4) is 0 Å². The van der Waals surface area contributed by atoms with E-state index in [4.69, 9.17) is 0 Å². The Hall–Kier alpha value is -9.99. The molecule has 0 saturated heterocycles. The largest absolute Gasteiger partial charge is 0.338 e. The molecule has 4 atom stereocenters. The first-order valence-corrected chi connectivity index (χ1v) is 30.0. The van der Waals surface area contributed by atoms with Gasteiger partial charge in [0.25, 0.3) is 0 Å². The molecular formula is C78H59F5N4. The Morgan fingerprint density at radius 2 is 0.931 bits per heavy atom. The van der Waals surface area contributed by atoms with E-state index in [0.29, 0.717) is 22.3 Å². The van der Waals surface area contributed by atoms with Gasteiger partial charge in [-0.25, -0.2) is 22.0 Å². The van der Waals surface area contributed by atoms with E-state index in [0.717, 1.165) is 88.8 Å². The lowest BCUT2D eigenvalue weighted by atomic mass is 9.61. The molecule has 4 unspecified atom stereocenters. The lowest BCUT2D eigenvalue weighted by molar-refractivity contribution is 0.180. The Morgan fingerprint density at radius 3 is 1.53 bits per heavy atom. The van der Waals surface area contributed by atoms with Gasteiger partial charge in [-0.1, -0.05) is 146 Å². The topological polar surface area (TPSA) is 14.7 Å². The molecule has 3 aliphatic rings. The Labute approximate surface area is 503 Å². The summed E-state index contributed by atoms with van der Waals surface area (Å²) >= 11 is 0. The number of hydrogen-bond donors (Lipinski definition) is 0. The van der Waals surface area contributed by atoms with E-state index in [1.54, 1.807) is 0 Å². The van der Waals surface area contributed by atoms with Gasteiger partial charge < -0.3 is 19.3 Å². The van der Waals surface area contributed by atoms with E-state index >= 15 is 17.6 Å². The minimum atomic E-state index is -2.20. The summed E-state index contributed by atoms with van der Waals surface area (Å²) in [5.74, 6) is -9.50. The Kier molecular flexibility index (Phi) is 13.7. The number of rotatable bonds is 12. The second kappa shape index (κ2) is 22.1. The number of para-hydroxylation sites is 6. The van der Waals surface area contributed by atoms with E-state index in [-0.39, 0.29) is 29.0 Å². The first-order valence-electron chi connectivity index (χ1n) is 30.0. The molecule has 11 aromatic carbocycles. The minimum Gasteiger partial charge on any atom is -0.338 e. The maximum Gasteiger partial charge on any atom is 0.200 e. The molecule has 0 N–H and O–H groups in total. The molecule has 0 spiro atoms. The number of anilines is 7. The first-order chi connectivity index (χ1) is 42.7. The van der Waals surface area contributed by atoms with Gasteiger partial charge in [0.1, 0.15) is 0 Å². The number of allylic oxidation sites excluding steroid dienone is 1. The molecule has 1 saturated carbocycles. The van der Waals surface area contributed by atoms with Crippen LogP contribution < -0.4 is 14.7 Å². The van der Waals surface area contributed by atoms with Crippen molar-refractivity contribution in [2.45, 2.75) is 56.0 Å². The van der Waals surface area contributed by atoms with Crippen LogP contribution in [0.2, 0.25) is 0 Å². The lowest BCUT2D eigenvalue weighted by Gasteiger charge is -2.54. The highest BCUT2D eigenvalue weighted by Crippen LogP contribution is 2.63. The molecule has 12 aromatic rings. The highest BCUT2D eigenvalue weighted by Gasteiger charge is 2.58. The van der Waals surface area contributed by atoms with Gasteiger partial charge in [0.2, 0.25) is 5.82 Å². The second-order valence-electron chi connectivity index (χ2n) is 23.3. The van der Waals surface area contributed by atoms with Crippen LogP contribution in [0.15, 0.2) is 267 Å². The predicted octanol–water partition coefficient (Wildman–Crippen LogP) is 21.7. The Balaban J connectivity index is 0.815. The molecule has 1 aromatic heterocycles. The Bertz CT molecular complexity index is 4440. The maximum absolute atomic E-state index is 16.0. The summed E-state index contributed by atoms with van der Waals surface area (Å²) in [5, 5.41) is 2.13. The van der Waals surface area contributed by atoms with E-state index < -0.39 is 34.6 Å². The molecule has 15 rings (SSSR count). The van der Waals surface area contributed by atoms with Crippen molar-refractivity contribution in [1.29, 1.82) is 0 Å². The predicted molar refractivity (Wildman–Crippen MR) is 345 cm³/mol.